The Balaban J connectivity index is 2.28. The lowest BCUT2D eigenvalue weighted by Crippen LogP contribution is -2.15. The maximum Gasteiger partial charge on any atom is 0.258 e. The lowest BCUT2D eigenvalue weighted by molar-refractivity contribution is 0.102. The first-order valence-electron chi connectivity index (χ1n) is 5.46. The van der Waals surface area contributed by atoms with Crippen molar-refractivity contribution in [2.24, 2.45) is 0 Å². The van der Waals surface area contributed by atoms with Crippen LogP contribution in [0.4, 0.5) is 15.9 Å². The van der Waals surface area contributed by atoms with Crippen molar-refractivity contribution in [3.8, 4) is 0 Å². The van der Waals surface area contributed by atoms with Gasteiger partial charge in [0.05, 0.1) is 17.4 Å². The fourth-order valence-corrected chi connectivity index (χ4v) is 2.00. The monoisotopic (exact) mass is 323 g/mol. The maximum absolute atomic E-state index is 13.1. The molecule has 0 fully saturated rings. The van der Waals surface area contributed by atoms with Gasteiger partial charge in [-0.2, -0.15) is 0 Å². The Bertz CT molecular complexity index is 646. The van der Waals surface area contributed by atoms with Gasteiger partial charge in [0.2, 0.25) is 0 Å². The first kappa shape index (κ1) is 13.5. The number of nitrogens with one attached hydrogen (secondary N) is 1. The molecular weight excluding hydrogens is 313 g/mol. The molecule has 0 saturated carbocycles. The molecule has 6 heteroatoms. The van der Waals surface area contributed by atoms with Crippen LogP contribution in [0.15, 0.2) is 34.9 Å². The van der Waals surface area contributed by atoms with E-state index < -0.39 is 11.7 Å². The van der Waals surface area contributed by atoms with Crippen molar-refractivity contribution in [3.63, 3.8) is 0 Å². The highest BCUT2D eigenvalue weighted by Gasteiger charge is 2.13. The van der Waals surface area contributed by atoms with Crippen molar-refractivity contribution < 1.29 is 9.18 Å². The van der Waals surface area contributed by atoms with Crippen LogP contribution in [0.3, 0.4) is 0 Å². The number of aryl methyl sites for hydroxylation is 1. The predicted octanol–water partition coefficient (Wildman–Crippen LogP) is 3.13. The highest BCUT2D eigenvalue weighted by atomic mass is 79.9. The first-order valence-corrected chi connectivity index (χ1v) is 6.25. The number of anilines is 2. The topological polar surface area (TPSA) is 68.0 Å². The average molecular weight is 324 g/mol. The normalized spacial score (nSPS) is 10.3. The molecule has 0 aliphatic carbocycles. The third-order valence-corrected chi connectivity index (χ3v) is 3.20. The number of halogens is 2. The van der Waals surface area contributed by atoms with Crippen molar-refractivity contribution in [1.29, 1.82) is 0 Å². The minimum atomic E-state index is -0.477. The summed E-state index contributed by atoms with van der Waals surface area (Å²) in [6.45, 7) is 1.78. The molecule has 0 atom stereocenters. The van der Waals surface area contributed by atoms with Crippen LogP contribution in [0.2, 0.25) is 0 Å². The predicted molar refractivity (Wildman–Crippen MR) is 75.4 cm³/mol. The number of nitrogen functional groups attached to an aromatic ring is 1. The third kappa shape index (κ3) is 3.08. The molecule has 1 aromatic carbocycles. The summed E-state index contributed by atoms with van der Waals surface area (Å²) in [7, 11) is 0. The zero-order chi connectivity index (χ0) is 14.0. The molecule has 0 aliphatic rings. The van der Waals surface area contributed by atoms with Gasteiger partial charge in [0, 0.05) is 4.47 Å². The van der Waals surface area contributed by atoms with Crippen LogP contribution in [-0.4, -0.2) is 10.9 Å². The fraction of sp³-hybridized carbons (Fsp3) is 0.0769. The zero-order valence-corrected chi connectivity index (χ0v) is 11.7. The highest BCUT2D eigenvalue weighted by molar-refractivity contribution is 9.10. The van der Waals surface area contributed by atoms with E-state index in [2.05, 4.69) is 26.2 Å². The van der Waals surface area contributed by atoms with Gasteiger partial charge in [0.25, 0.3) is 5.91 Å². The van der Waals surface area contributed by atoms with E-state index in [1.165, 1.54) is 18.3 Å². The van der Waals surface area contributed by atoms with Crippen molar-refractivity contribution in [2.45, 2.75) is 6.92 Å². The Hall–Kier alpha value is -1.95. The summed E-state index contributed by atoms with van der Waals surface area (Å²) in [5.41, 5.74) is 7.04. The number of nitrogens with two attached hydrogens (primary N) is 1. The van der Waals surface area contributed by atoms with Crippen molar-refractivity contribution in [1.82, 2.24) is 4.98 Å². The van der Waals surface area contributed by atoms with Crippen LogP contribution < -0.4 is 11.1 Å². The van der Waals surface area contributed by atoms with Crippen LogP contribution in [0.1, 0.15) is 15.9 Å². The highest BCUT2D eigenvalue weighted by Crippen LogP contribution is 2.20. The number of carbonyl (C=O) groups is 1. The van der Waals surface area contributed by atoms with E-state index in [4.69, 9.17) is 5.73 Å². The number of hydrogen-bond acceptors (Lipinski definition) is 3. The molecule has 19 heavy (non-hydrogen) atoms. The molecule has 0 radical (unpaired) electrons. The van der Waals surface area contributed by atoms with Gasteiger partial charge in [-0.05, 0) is 52.7 Å². The number of nitrogens with zero attached hydrogens (tertiary/aromatic N) is 1. The van der Waals surface area contributed by atoms with E-state index in [1.807, 2.05) is 0 Å². The minimum absolute atomic E-state index is 0.207. The van der Waals surface area contributed by atoms with E-state index in [1.54, 1.807) is 13.0 Å². The van der Waals surface area contributed by atoms with Gasteiger partial charge in [-0.25, -0.2) is 9.37 Å². The largest absolute Gasteiger partial charge is 0.397 e. The fourth-order valence-electron chi connectivity index (χ4n) is 1.57. The van der Waals surface area contributed by atoms with Crippen LogP contribution in [0.5, 0.6) is 0 Å². The van der Waals surface area contributed by atoms with E-state index in [-0.39, 0.29) is 5.56 Å². The molecule has 0 aliphatic heterocycles. The smallest absolute Gasteiger partial charge is 0.258 e. The molecule has 0 spiro atoms. The van der Waals surface area contributed by atoms with Gasteiger partial charge < -0.3 is 11.1 Å². The molecule has 2 rings (SSSR count). The van der Waals surface area contributed by atoms with Gasteiger partial charge in [0.1, 0.15) is 11.6 Å². The van der Waals surface area contributed by atoms with E-state index in [0.717, 1.165) is 11.6 Å². The summed E-state index contributed by atoms with van der Waals surface area (Å²) in [6.07, 6.45) is 1.45. The van der Waals surface area contributed by atoms with Crippen LogP contribution in [0, 0.1) is 12.7 Å². The Morgan fingerprint density at radius 1 is 1.42 bits per heavy atom. The van der Waals surface area contributed by atoms with Gasteiger partial charge in [-0.1, -0.05) is 0 Å². The van der Waals surface area contributed by atoms with E-state index in [9.17, 15) is 9.18 Å². The van der Waals surface area contributed by atoms with Gasteiger partial charge >= 0.3 is 0 Å². The SMILES string of the molecule is Cc1cc(N)cnc1NC(=O)c1cc(F)ccc1Br. The van der Waals surface area contributed by atoms with Crippen molar-refractivity contribution in [3.05, 3.63) is 51.9 Å². The minimum Gasteiger partial charge on any atom is -0.397 e. The molecule has 0 unspecified atom stereocenters. The van der Waals surface area contributed by atoms with Crippen molar-refractivity contribution >= 4 is 33.3 Å². The van der Waals surface area contributed by atoms with Crippen LogP contribution in [0.25, 0.3) is 0 Å². The average Bonchev–Trinajstić information content (AvgIpc) is 2.35. The summed E-state index contributed by atoms with van der Waals surface area (Å²) in [5.74, 6) is -0.516. The van der Waals surface area contributed by atoms with E-state index in [0.29, 0.717) is 16.0 Å². The molecule has 0 saturated heterocycles. The number of amides is 1. The second-order valence-corrected chi connectivity index (χ2v) is 4.87. The molecule has 3 N–H and O–H groups in total. The summed E-state index contributed by atoms with van der Waals surface area (Å²) >= 11 is 3.21. The number of hydrogen-bond donors (Lipinski definition) is 2. The third-order valence-electron chi connectivity index (χ3n) is 2.50. The van der Waals surface area contributed by atoms with Gasteiger partial charge in [-0.3, -0.25) is 4.79 Å². The molecule has 2 aromatic rings. The number of pyridine rings is 1. The Morgan fingerprint density at radius 2 is 2.16 bits per heavy atom. The zero-order valence-electron chi connectivity index (χ0n) is 10.1. The molecule has 98 valence electrons. The Morgan fingerprint density at radius 3 is 2.84 bits per heavy atom. The molecule has 1 aromatic heterocycles. The number of benzene rings is 1. The molecule has 1 heterocycles. The second-order valence-electron chi connectivity index (χ2n) is 4.01. The summed E-state index contributed by atoms with van der Waals surface area (Å²) in [4.78, 5) is 16.1. The summed E-state index contributed by atoms with van der Waals surface area (Å²) in [6, 6.07) is 5.61. The Kier molecular flexibility index (Phi) is 3.80. The molecule has 4 nitrogen and oxygen atoms in total. The van der Waals surface area contributed by atoms with E-state index >= 15 is 0 Å². The quantitative estimate of drug-likeness (QED) is 0.892. The second kappa shape index (κ2) is 5.36. The van der Waals surface area contributed by atoms with Gasteiger partial charge in [0.15, 0.2) is 0 Å². The molecule has 1 amide bonds. The molecule has 0 bridgehead atoms. The summed E-state index contributed by atoms with van der Waals surface area (Å²) < 4.78 is 13.7. The number of aromatic nitrogens is 1. The maximum atomic E-state index is 13.1. The molecular formula is C13H11BrFN3O. The van der Waals surface area contributed by atoms with Crippen LogP contribution >= 0.6 is 15.9 Å². The lowest BCUT2D eigenvalue weighted by atomic mass is 10.2. The lowest BCUT2D eigenvalue weighted by Gasteiger charge is -2.09. The number of rotatable bonds is 2. The Labute approximate surface area is 118 Å². The van der Waals surface area contributed by atoms with Gasteiger partial charge in [-0.15, -0.1) is 0 Å². The van der Waals surface area contributed by atoms with Crippen LogP contribution in [-0.2, 0) is 0 Å². The number of carbonyl (C=O) groups excluding carboxylic acids is 1. The standard InChI is InChI=1S/C13H11BrFN3O/c1-7-4-9(16)6-17-12(7)18-13(19)10-5-8(15)2-3-11(10)14/h2-6H,16H2,1H3,(H,17,18,19). The summed E-state index contributed by atoms with van der Waals surface area (Å²) in [5, 5.41) is 2.62. The first-order chi connectivity index (χ1) is 8.97. The van der Waals surface area contributed by atoms with Crippen molar-refractivity contribution in [2.75, 3.05) is 11.1 Å².